The molecular formula is C30H31ClN2O. The van der Waals surface area contributed by atoms with Crippen molar-refractivity contribution in [3.8, 4) is 0 Å². The Balaban J connectivity index is 1.11. The second-order valence-corrected chi connectivity index (χ2v) is 10.7. The molecule has 1 saturated heterocycles. The molecule has 2 bridgehead atoms. The van der Waals surface area contributed by atoms with Gasteiger partial charge in [0.2, 0.25) is 5.91 Å². The number of piperidine rings is 1. The Labute approximate surface area is 207 Å². The van der Waals surface area contributed by atoms with Crippen molar-refractivity contribution in [2.45, 2.75) is 49.5 Å². The quantitative estimate of drug-likeness (QED) is 0.502. The van der Waals surface area contributed by atoms with Crippen LogP contribution in [-0.2, 0) is 16.6 Å². The number of nitrogens with one attached hydrogen (secondary N) is 1. The predicted octanol–water partition coefficient (Wildman–Crippen LogP) is 5.69. The molecule has 4 heteroatoms. The number of halogens is 1. The van der Waals surface area contributed by atoms with Gasteiger partial charge in [-0.15, -0.1) is 0 Å². The molecule has 3 aliphatic rings. The summed E-state index contributed by atoms with van der Waals surface area (Å²) in [5.41, 5.74) is 7.14. The highest BCUT2D eigenvalue weighted by atomic mass is 35.5. The van der Waals surface area contributed by atoms with E-state index >= 15 is 0 Å². The molecule has 174 valence electrons. The number of hydrogen-bond acceptors (Lipinski definition) is 2. The van der Waals surface area contributed by atoms with Gasteiger partial charge in [-0.3, -0.25) is 4.79 Å². The minimum absolute atomic E-state index is 0.0350. The molecule has 2 aliphatic carbocycles. The predicted molar refractivity (Wildman–Crippen MR) is 138 cm³/mol. The Morgan fingerprint density at radius 3 is 2.50 bits per heavy atom. The summed E-state index contributed by atoms with van der Waals surface area (Å²) in [4.78, 5) is 15.1. The average Bonchev–Trinajstić information content (AvgIpc) is 3.36. The first-order chi connectivity index (χ1) is 16.6. The zero-order valence-electron chi connectivity index (χ0n) is 19.5. The van der Waals surface area contributed by atoms with Crippen LogP contribution in [0.4, 0.5) is 0 Å². The minimum Gasteiger partial charge on any atom is -0.353 e. The zero-order valence-corrected chi connectivity index (χ0v) is 20.2. The Morgan fingerprint density at radius 2 is 1.68 bits per heavy atom. The number of likely N-dealkylation sites (tertiary alicyclic amines) is 1. The molecule has 0 aromatic heterocycles. The first-order valence-electron chi connectivity index (χ1n) is 12.6. The van der Waals surface area contributed by atoms with Gasteiger partial charge in [-0.1, -0.05) is 72.3 Å². The maximum Gasteiger partial charge on any atom is 0.220 e. The molecule has 1 fully saturated rings. The van der Waals surface area contributed by atoms with Gasteiger partial charge in [0.1, 0.15) is 0 Å². The molecule has 3 aromatic carbocycles. The molecule has 1 aliphatic heterocycles. The smallest absolute Gasteiger partial charge is 0.220 e. The summed E-state index contributed by atoms with van der Waals surface area (Å²) in [5.74, 6) is 0.665. The van der Waals surface area contributed by atoms with E-state index in [-0.39, 0.29) is 17.4 Å². The standard InChI is InChI=1S/C30H31ClN2O/c31-22-11-12-25-26-19-30(28(25)18-22,27-9-5-4-8-24(26)27)20-33-16-14-23(15-17-33)32-29(34)13-10-21-6-2-1-3-7-21/h1-9,11-12,18,23,26H,10,13-17,19-20H2,(H,32,34). The molecule has 1 N–H and O–H groups in total. The van der Waals surface area contributed by atoms with Crippen LogP contribution in [0.5, 0.6) is 0 Å². The van der Waals surface area contributed by atoms with Crippen molar-refractivity contribution < 1.29 is 4.79 Å². The SMILES string of the molecule is O=C(CCc1ccccc1)NC1CCN(CC23CC(c4ccccc42)c2ccc(Cl)cc23)CC1. The van der Waals surface area contributed by atoms with Gasteiger partial charge in [-0.05, 0) is 65.6 Å². The number of carbonyl (C=O) groups is 1. The van der Waals surface area contributed by atoms with Crippen LogP contribution in [0.1, 0.15) is 59.4 Å². The second kappa shape index (κ2) is 8.87. The lowest BCUT2D eigenvalue weighted by Crippen LogP contribution is -2.48. The molecular weight excluding hydrogens is 440 g/mol. The molecule has 1 heterocycles. The third-order valence-corrected chi connectivity index (χ3v) is 8.48. The van der Waals surface area contributed by atoms with E-state index in [0.29, 0.717) is 12.3 Å². The molecule has 0 saturated carbocycles. The van der Waals surface area contributed by atoms with Gasteiger partial charge in [-0.2, -0.15) is 0 Å². The molecule has 3 nitrogen and oxygen atoms in total. The Kier molecular flexibility index (Phi) is 5.71. The topological polar surface area (TPSA) is 32.3 Å². The molecule has 2 atom stereocenters. The first kappa shape index (κ1) is 21.9. The van der Waals surface area contributed by atoms with Crippen molar-refractivity contribution in [1.29, 1.82) is 0 Å². The fraction of sp³-hybridized carbons (Fsp3) is 0.367. The highest BCUT2D eigenvalue weighted by Crippen LogP contribution is 2.60. The van der Waals surface area contributed by atoms with Crippen molar-refractivity contribution in [2.75, 3.05) is 19.6 Å². The second-order valence-electron chi connectivity index (χ2n) is 10.3. The van der Waals surface area contributed by atoms with Crippen LogP contribution in [0, 0.1) is 0 Å². The van der Waals surface area contributed by atoms with Gasteiger partial charge in [0, 0.05) is 48.5 Å². The van der Waals surface area contributed by atoms with Crippen LogP contribution >= 0.6 is 11.6 Å². The van der Waals surface area contributed by atoms with Gasteiger partial charge >= 0.3 is 0 Å². The number of benzene rings is 3. The third kappa shape index (κ3) is 3.85. The highest BCUT2D eigenvalue weighted by molar-refractivity contribution is 6.30. The van der Waals surface area contributed by atoms with E-state index in [1.807, 2.05) is 24.3 Å². The largest absolute Gasteiger partial charge is 0.353 e. The number of hydrogen-bond donors (Lipinski definition) is 1. The van der Waals surface area contributed by atoms with Crippen LogP contribution in [0.25, 0.3) is 0 Å². The molecule has 0 radical (unpaired) electrons. The Morgan fingerprint density at radius 1 is 0.941 bits per heavy atom. The van der Waals surface area contributed by atoms with E-state index in [9.17, 15) is 4.79 Å². The van der Waals surface area contributed by atoms with Crippen molar-refractivity contribution in [1.82, 2.24) is 10.2 Å². The number of carbonyl (C=O) groups excluding carboxylic acids is 1. The number of nitrogens with zero attached hydrogens (tertiary/aromatic N) is 1. The maximum absolute atomic E-state index is 12.5. The van der Waals surface area contributed by atoms with E-state index in [4.69, 9.17) is 11.6 Å². The highest BCUT2D eigenvalue weighted by Gasteiger charge is 2.53. The lowest BCUT2D eigenvalue weighted by Gasteiger charge is -2.40. The van der Waals surface area contributed by atoms with Gasteiger partial charge in [-0.25, -0.2) is 0 Å². The molecule has 1 amide bonds. The van der Waals surface area contributed by atoms with Crippen LogP contribution in [-0.4, -0.2) is 36.5 Å². The molecule has 6 rings (SSSR count). The summed E-state index contributed by atoms with van der Waals surface area (Å²) in [6.45, 7) is 3.07. The summed E-state index contributed by atoms with van der Waals surface area (Å²) >= 11 is 6.47. The normalized spacial score (nSPS) is 23.5. The van der Waals surface area contributed by atoms with E-state index in [2.05, 4.69) is 58.7 Å². The monoisotopic (exact) mass is 470 g/mol. The lowest BCUT2D eigenvalue weighted by molar-refractivity contribution is -0.122. The zero-order chi connectivity index (χ0) is 23.1. The average molecular weight is 471 g/mol. The van der Waals surface area contributed by atoms with Crippen molar-refractivity contribution in [3.63, 3.8) is 0 Å². The third-order valence-electron chi connectivity index (χ3n) is 8.24. The van der Waals surface area contributed by atoms with Gasteiger partial charge in [0.05, 0.1) is 0 Å². The van der Waals surface area contributed by atoms with Gasteiger partial charge in [0.25, 0.3) is 0 Å². The van der Waals surface area contributed by atoms with E-state index in [1.165, 1.54) is 27.8 Å². The number of amides is 1. The maximum atomic E-state index is 12.5. The summed E-state index contributed by atoms with van der Waals surface area (Å²) in [5, 5.41) is 4.12. The minimum atomic E-state index is 0.0350. The van der Waals surface area contributed by atoms with Crippen LogP contribution < -0.4 is 5.32 Å². The fourth-order valence-electron chi connectivity index (χ4n) is 6.64. The summed E-state index contributed by atoms with van der Waals surface area (Å²) < 4.78 is 0. The molecule has 2 unspecified atom stereocenters. The van der Waals surface area contributed by atoms with Gasteiger partial charge in [0.15, 0.2) is 0 Å². The van der Waals surface area contributed by atoms with Gasteiger partial charge < -0.3 is 10.2 Å². The van der Waals surface area contributed by atoms with Crippen molar-refractivity contribution >= 4 is 17.5 Å². The van der Waals surface area contributed by atoms with Crippen molar-refractivity contribution in [2.24, 2.45) is 0 Å². The van der Waals surface area contributed by atoms with E-state index in [0.717, 1.165) is 50.3 Å². The van der Waals surface area contributed by atoms with Crippen LogP contribution in [0.2, 0.25) is 5.02 Å². The van der Waals surface area contributed by atoms with Crippen LogP contribution in [0.15, 0.2) is 72.8 Å². The van der Waals surface area contributed by atoms with Crippen LogP contribution in [0.3, 0.4) is 0 Å². The fourth-order valence-corrected chi connectivity index (χ4v) is 6.81. The Bertz CT molecular complexity index is 1200. The molecule has 3 aromatic rings. The number of fused-ring (bicyclic) bond motifs is 8. The van der Waals surface area contributed by atoms with Crippen molar-refractivity contribution in [3.05, 3.63) is 106 Å². The summed E-state index contributed by atoms with van der Waals surface area (Å²) in [7, 11) is 0. The summed E-state index contributed by atoms with van der Waals surface area (Å²) in [6, 6.07) is 26.1. The lowest BCUT2D eigenvalue weighted by atomic mass is 9.74. The van der Waals surface area contributed by atoms with E-state index in [1.54, 1.807) is 0 Å². The molecule has 0 spiro atoms. The summed E-state index contributed by atoms with van der Waals surface area (Å²) in [6.07, 6.45) is 4.54. The molecule has 34 heavy (non-hydrogen) atoms. The Hall–Kier alpha value is -2.62. The first-order valence-corrected chi connectivity index (χ1v) is 13.0. The number of aryl methyl sites for hydroxylation is 1. The van der Waals surface area contributed by atoms with E-state index < -0.39 is 0 Å². The number of rotatable bonds is 6.